The molecule has 0 spiro atoms. The summed E-state index contributed by atoms with van der Waals surface area (Å²) in [4.78, 5) is 14.2. The maximum Gasteiger partial charge on any atom is 0.256 e. The van der Waals surface area contributed by atoms with Gasteiger partial charge in [-0.1, -0.05) is 12.1 Å². The molecule has 0 saturated heterocycles. The van der Waals surface area contributed by atoms with Crippen molar-refractivity contribution >= 4 is 18.5 Å². The third-order valence-electron chi connectivity index (χ3n) is 3.00. The van der Waals surface area contributed by atoms with Crippen LogP contribution in [0.4, 0.5) is 4.39 Å². The summed E-state index contributed by atoms with van der Waals surface area (Å²) < 4.78 is 13.7. The number of hydrogen-bond acceptors (Lipinski definition) is 3. The van der Waals surface area contributed by atoms with Crippen LogP contribution in [0.2, 0.25) is 0 Å². The average Bonchev–Trinajstić information content (AvgIpc) is 2.49. The first-order chi connectivity index (χ1) is 10.0. The van der Waals surface area contributed by atoms with Gasteiger partial charge in [0.2, 0.25) is 0 Å². The van der Waals surface area contributed by atoms with E-state index in [9.17, 15) is 9.18 Å². The minimum absolute atomic E-state index is 0.0126. The lowest BCUT2D eigenvalue weighted by Crippen LogP contribution is -2.27. The fourth-order valence-corrected chi connectivity index (χ4v) is 2.17. The van der Waals surface area contributed by atoms with Gasteiger partial charge in [-0.05, 0) is 35.9 Å². The average molecular weight is 300 g/mol. The molecule has 2 rings (SSSR count). The van der Waals surface area contributed by atoms with Gasteiger partial charge in [0, 0.05) is 18.5 Å². The van der Waals surface area contributed by atoms with E-state index in [-0.39, 0.29) is 5.56 Å². The van der Waals surface area contributed by atoms with Gasteiger partial charge in [0.1, 0.15) is 5.82 Å². The number of halogens is 1. The summed E-state index contributed by atoms with van der Waals surface area (Å²) in [6.45, 7) is 0.296. The van der Waals surface area contributed by atoms with E-state index in [1.165, 1.54) is 23.1 Å². The number of nitriles is 1. The number of nitrogens with zero attached hydrogens (tertiary/aromatic N) is 2. The summed E-state index contributed by atoms with van der Waals surface area (Å²) in [5.74, 6) is -0.999. The molecule has 0 atom stereocenters. The highest BCUT2D eigenvalue weighted by atomic mass is 32.1. The topological polar surface area (TPSA) is 44.1 Å². The summed E-state index contributed by atoms with van der Waals surface area (Å²) in [6, 6.07) is 13.1. The second-order valence-electron chi connectivity index (χ2n) is 4.64. The second-order valence-corrected chi connectivity index (χ2v) is 5.15. The number of carbonyl (C=O) groups excluding carboxylic acids is 1. The molecule has 0 aliphatic rings. The first-order valence-corrected chi connectivity index (χ1v) is 6.69. The lowest BCUT2D eigenvalue weighted by atomic mass is 10.1. The number of carbonyl (C=O) groups is 1. The van der Waals surface area contributed by atoms with Crippen LogP contribution in [0.5, 0.6) is 0 Å². The maximum atomic E-state index is 13.7. The van der Waals surface area contributed by atoms with Crippen molar-refractivity contribution in [3.8, 4) is 6.07 Å². The van der Waals surface area contributed by atoms with Crippen LogP contribution >= 0.6 is 12.6 Å². The van der Waals surface area contributed by atoms with E-state index in [4.69, 9.17) is 5.26 Å². The summed E-state index contributed by atoms with van der Waals surface area (Å²) in [5.41, 5.74) is 1.32. The van der Waals surface area contributed by atoms with Crippen LogP contribution in [0.3, 0.4) is 0 Å². The molecule has 21 heavy (non-hydrogen) atoms. The third kappa shape index (κ3) is 3.61. The van der Waals surface area contributed by atoms with Crippen LogP contribution in [-0.2, 0) is 6.54 Å². The van der Waals surface area contributed by atoms with Crippen molar-refractivity contribution in [3.63, 3.8) is 0 Å². The Labute approximate surface area is 128 Å². The minimum atomic E-state index is -0.574. The molecule has 106 valence electrons. The van der Waals surface area contributed by atoms with Crippen LogP contribution in [0.25, 0.3) is 0 Å². The van der Waals surface area contributed by atoms with Crippen molar-refractivity contribution in [3.05, 3.63) is 65.0 Å². The highest BCUT2D eigenvalue weighted by Crippen LogP contribution is 2.16. The van der Waals surface area contributed by atoms with Crippen LogP contribution < -0.4 is 0 Å². The lowest BCUT2D eigenvalue weighted by molar-refractivity contribution is 0.0780. The van der Waals surface area contributed by atoms with Gasteiger partial charge in [0.05, 0.1) is 17.2 Å². The first-order valence-electron chi connectivity index (χ1n) is 6.24. The van der Waals surface area contributed by atoms with E-state index >= 15 is 0 Å². The van der Waals surface area contributed by atoms with Crippen LogP contribution in [0.1, 0.15) is 21.5 Å². The first kappa shape index (κ1) is 15.1. The molecule has 0 heterocycles. The van der Waals surface area contributed by atoms with E-state index in [1.807, 2.05) is 12.1 Å². The van der Waals surface area contributed by atoms with E-state index < -0.39 is 11.7 Å². The van der Waals surface area contributed by atoms with Crippen LogP contribution in [-0.4, -0.2) is 17.9 Å². The standard InChI is InChI=1S/C16H13FN2OS/c1-19(10-12-4-2-3-11(7-12)9-18)16(20)14-8-13(21)5-6-15(14)17/h2-8,21H,10H2,1H3. The normalized spacial score (nSPS) is 10.0. The molecule has 3 nitrogen and oxygen atoms in total. The Morgan fingerprint density at radius 2 is 2.10 bits per heavy atom. The second kappa shape index (κ2) is 6.42. The van der Waals surface area contributed by atoms with Crippen molar-refractivity contribution in [2.75, 3.05) is 7.05 Å². The molecule has 0 unspecified atom stereocenters. The van der Waals surface area contributed by atoms with Gasteiger partial charge in [0.15, 0.2) is 0 Å². The Balaban J connectivity index is 2.19. The molecule has 1 amide bonds. The summed E-state index contributed by atoms with van der Waals surface area (Å²) in [5, 5.41) is 8.86. The molecule has 2 aromatic carbocycles. The van der Waals surface area contributed by atoms with Crippen molar-refractivity contribution in [1.29, 1.82) is 5.26 Å². The van der Waals surface area contributed by atoms with Gasteiger partial charge in [-0.25, -0.2) is 4.39 Å². The maximum absolute atomic E-state index is 13.7. The summed E-state index contributed by atoms with van der Waals surface area (Å²) in [6.07, 6.45) is 0. The van der Waals surface area contributed by atoms with Crippen molar-refractivity contribution < 1.29 is 9.18 Å². The van der Waals surface area contributed by atoms with Gasteiger partial charge in [0.25, 0.3) is 5.91 Å². The molecule has 0 radical (unpaired) electrons. The van der Waals surface area contributed by atoms with Gasteiger partial charge in [-0.2, -0.15) is 5.26 Å². The fourth-order valence-electron chi connectivity index (χ4n) is 1.97. The smallest absolute Gasteiger partial charge is 0.256 e. The van der Waals surface area contributed by atoms with E-state index in [1.54, 1.807) is 25.2 Å². The Morgan fingerprint density at radius 3 is 2.81 bits per heavy atom. The number of rotatable bonds is 3. The Morgan fingerprint density at radius 1 is 1.33 bits per heavy atom. The Bertz CT molecular complexity index is 724. The zero-order chi connectivity index (χ0) is 15.4. The molecule has 0 fully saturated rings. The van der Waals surface area contributed by atoms with Gasteiger partial charge < -0.3 is 4.90 Å². The third-order valence-corrected chi connectivity index (χ3v) is 3.28. The van der Waals surface area contributed by atoms with E-state index in [0.717, 1.165) is 5.56 Å². The number of thiol groups is 1. The molecular formula is C16H13FN2OS. The van der Waals surface area contributed by atoms with E-state index in [0.29, 0.717) is 17.0 Å². The summed E-state index contributed by atoms with van der Waals surface area (Å²) in [7, 11) is 1.59. The molecular weight excluding hydrogens is 287 g/mol. The van der Waals surface area contributed by atoms with Gasteiger partial charge >= 0.3 is 0 Å². The lowest BCUT2D eigenvalue weighted by Gasteiger charge is -2.18. The predicted octanol–water partition coefficient (Wildman–Crippen LogP) is 3.26. The highest BCUT2D eigenvalue weighted by molar-refractivity contribution is 7.80. The SMILES string of the molecule is CN(Cc1cccc(C#N)c1)C(=O)c1cc(S)ccc1F. The zero-order valence-electron chi connectivity index (χ0n) is 11.4. The van der Waals surface area contributed by atoms with Crippen molar-refractivity contribution in [1.82, 2.24) is 4.90 Å². The number of hydrogen-bond donors (Lipinski definition) is 1. The molecule has 0 aliphatic heterocycles. The van der Waals surface area contributed by atoms with E-state index in [2.05, 4.69) is 12.6 Å². The molecule has 0 saturated carbocycles. The zero-order valence-corrected chi connectivity index (χ0v) is 12.3. The summed E-state index contributed by atoms with van der Waals surface area (Å²) >= 11 is 4.12. The Hall–Kier alpha value is -2.32. The molecule has 0 bridgehead atoms. The van der Waals surface area contributed by atoms with Crippen molar-refractivity contribution in [2.24, 2.45) is 0 Å². The van der Waals surface area contributed by atoms with Gasteiger partial charge in [-0.15, -0.1) is 12.6 Å². The largest absolute Gasteiger partial charge is 0.337 e. The van der Waals surface area contributed by atoms with Crippen LogP contribution in [0.15, 0.2) is 47.4 Å². The molecule has 0 aromatic heterocycles. The van der Waals surface area contributed by atoms with Crippen LogP contribution in [0, 0.1) is 17.1 Å². The minimum Gasteiger partial charge on any atom is -0.337 e. The van der Waals surface area contributed by atoms with Gasteiger partial charge in [-0.3, -0.25) is 4.79 Å². The molecule has 5 heteroatoms. The fraction of sp³-hybridized carbons (Fsp3) is 0.125. The van der Waals surface area contributed by atoms with Crippen molar-refractivity contribution in [2.45, 2.75) is 11.4 Å². The number of benzene rings is 2. The predicted molar refractivity (Wildman–Crippen MR) is 80.6 cm³/mol. The molecule has 0 aliphatic carbocycles. The highest BCUT2D eigenvalue weighted by Gasteiger charge is 2.16. The number of amides is 1. The molecule has 0 N–H and O–H groups in total. The Kier molecular flexibility index (Phi) is 4.61. The molecule has 2 aromatic rings. The monoisotopic (exact) mass is 300 g/mol. The quantitative estimate of drug-likeness (QED) is 0.884.